The van der Waals surface area contributed by atoms with Crippen LogP contribution < -0.4 is 15.0 Å². The summed E-state index contributed by atoms with van der Waals surface area (Å²) in [6.45, 7) is 2.54. The van der Waals surface area contributed by atoms with Crippen molar-refractivity contribution in [3.05, 3.63) is 90.3 Å². The lowest BCUT2D eigenvalue weighted by atomic mass is 10.1. The number of nitrogens with one attached hydrogen (secondary N) is 1. The van der Waals surface area contributed by atoms with Crippen LogP contribution in [0.1, 0.15) is 37.3 Å². The number of aliphatic imine (C=N–C) groups is 1. The van der Waals surface area contributed by atoms with E-state index in [1.807, 2.05) is 48.5 Å². The van der Waals surface area contributed by atoms with Gasteiger partial charge in [0.2, 0.25) is 5.91 Å². The van der Waals surface area contributed by atoms with Gasteiger partial charge < -0.3 is 10.1 Å². The predicted molar refractivity (Wildman–Crippen MR) is 168 cm³/mol. The Bertz CT molecular complexity index is 1660. The largest absolute Gasteiger partial charge is 0.573 e. The zero-order valence-electron chi connectivity index (χ0n) is 24.5. The van der Waals surface area contributed by atoms with E-state index in [1.165, 1.54) is 47.0 Å². The number of aryl methyl sites for hydroxylation is 2. The summed E-state index contributed by atoms with van der Waals surface area (Å²) in [6.07, 6.45) is 0.937. The van der Waals surface area contributed by atoms with Crippen molar-refractivity contribution < 1.29 is 27.5 Å². The minimum absolute atomic E-state index is 0.0848. The van der Waals surface area contributed by atoms with Crippen LogP contribution in [0.25, 0.3) is 17.1 Å². The molecule has 0 aliphatic carbocycles. The molecule has 4 aromatic rings. The van der Waals surface area contributed by atoms with E-state index in [1.54, 1.807) is 4.90 Å². The number of carbonyl (C=O) groups is 2. The maximum absolute atomic E-state index is 12.6. The summed E-state index contributed by atoms with van der Waals surface area (Å²) in [5.74, 6) is 0.339. The Hall–Kier alpha value is -4.65. The number of ether oxygens (including phenoxy) is 1. The standard InChI is InChI=1S/C32H31F3N6O3S/c1-2-7-23-9-3-4-10-27(23)41-28(42)20-45-31(41)38-30(43)36-19-6-5-8-22-11-13-24(14-12-22)29-37-21-40(39-29)25-15-17-26(18-16-25)44-32(33,34)35/h3-4,9-18,21H,2,5-8,19-20H2,1H3,(H,36,43). The second kappa shape index (κ2) is 14.4. The fourth-order valence-corrected chi connectivity index (χ4v) is 5.67. The molecule has 3 aromatic carbocycles. The van der Waals surface area contributed by atoms with Crippen LogP contribution in [-0.2, 0) is 17.6 Å². The van der Waals surface area contributed by atoms with Gasteiger partial charge in [-0.2, -0.15) is 4.99 Å². The monoisotopic (exact) mass is 636 g/mol. The van der Waals surface area contributed by atoms with Crippen LogP contribution in [-0.4, -0.2) is 50.5 Å². The molecular weight excluding hydrogens is 605 g/mol. The van der Waals surface area contributed by atoms with Gasteiger partial charge in [-0.25, -0.2) is 14.5 Å². The lowest BCUT2D eigenvalue weighted by Crippen LogP contribution is -2.32. The number of thioether (sulfide) groups is 1. The minimum Gasteiger partial charge on any atom is -0.406 e. The summed E-state index contributed by atoms with van der Waals surface area (Å²) >= 11 is 1.27. The van der Waals surface area contributed by atoms with Crippen molar-refractivity contribution in [2.75, 3.05) is 17.2 Å². The van der Waals surface area contributed by atoms with E-state index >= 15 is 0 Å². The molecule has 13 heteroatoms. The van der Waals surface area contributed by atoms with Crippen LogP contribution >= 0.6 is 11.8 Å². The Morgan fingerprint density at radius 3 is 2.51 bits per heavy atom. The summed E-state index contributed by atoms with van der Waals surface area (Å²) in [6, 6.07) is 20.4. The zero-order chi connectivity index (χ0) is 31.8. The minimum atomic E-state index is -4.75. The topological polar surface area (TPSA) is 102 Å². The smallest absolute Gasteiger partial charge is 0.406 e. The number of unbranched alkanes of at least 4 members (excludes halogenated alkanes) is 1. The third-order valence-corrected chi connectivity index (χ3v) is 7.85. The number of hydrogen-bond donors (Lipinski definition) is 1. The maximum atomic E-state index is 12.6. The van der Waals surface area contributed by atoms with Gasteiger partial charge in [-0.1, -0.05) is 67.6 Å². The van der Waals surface area contributed by atoms with Gasteiger partial charge in [0.15, 0.2) is 11.0 Å². The number of amides is 3. The lowest BCUT2D eigenvalue weighted by Gasteiger charge is -2.19. The second-order valence-corrected chi connectivity index (χ2v) is 11.2. The summed E-state index contributed by atoms with van der Waals surface area (Å²) in [4.78, 5) is 35.2. The van der Waals surface area contributed by atoms with Gasteiger partial charge in [-0.15, -0.1) is 18.3 Å². The van der Waals surface area contributed by atoms with Crippen LogP contribution in [0, 0.1) is 0 Å². The average molecular weight is 637 g/mol. The van der Waals surface area contributed by atoms with E-state index < -0.39 is 12.4 Å². The zero-order valence-corrected chi connectivity index (χ0v) is 25.3. The van der Waals surface area contributed by atoms with Crippen LogP contribution in [0.2, 0.25) is 0 Å². The number of rotatable bonds is 11. The van der Waals surface area contributed by atoms with Crippen molar-refractivity contribution in [2.24, 2.45) is 4.99 Å². The number of benzene rings is 3. The molecule has 0 radical (unpaired) electrons. The van der Waals surface area contributed by atoms with Crippen molar-refractivity contribution in [3.8, 4) is 22.8 Å². The molecule has 45 heavy (non-hydrogen) atoms. The van der Waals surface area contributed by atoms with E-state index in [9.17, 15) is 22.8 Å². The van der Waals surface area contributed by atoms with Gasteiger partial charge in [-0.3, -0.25) is 9.69 Å². The Morgan fingerprint density at radius 2 is 1.78 bits per heavy atom. The molecule has 0 bridgehead atoms. The Kier molecular flexibility index (Phi) is 10.2. The molecule has 1 aromatic heterocycles. The number of anilines is 1. The predicted octanol–water partition coefficient (Wildman–Crippen LogP) is 6.95. The first-order valence-electron chi connectivity index (χ1n) is 14.5. The van der Waals surface area contributed by atoms with Crippen molar-refractivity contribution in [3.63, 3.8) is 0 Å². The van der Waals surface area contributed by atoms with Crippen molar-refractivity contribution in [2.45, 2.75) is 45.4 Å². The van der Waals surface area contributed by atoms with Gasteiger partial charge >= 0.3 is 12.4 Å². The van der Waals surface area contributed by atoms with Gasteiger partial charge in [0, 0.05) is 12.1 Å². The summed E-state index contributed by atoms with van der Waals surface area (Å²) < 4.78 is 42.6. The van der Waals surface area contributed by atoms with Crippen LogP contribution in [0.3, 0.4) is 0 Å². The molecule has 0 spiro atoms. The molecule has 1 aliphatic rings. The number of carbonyl (C=O) groups excluding carboxylic acids is 2. The average Bonchev–Trinajstić information content (AvgIpc) is 3.64. The van der Waals surface area contributed by atoms with Gasteiger partial charge in [0.25, 0.3) is 0 Å². The van der Waals surface area contributed by atoms with E-state index in [4.69, 9.17) is 0 Å². The molecule has 1 fully saturated rings. The number of nitrogens with zero attached hydrogens (tertiary/aromatic N) is 5. The second-order valence-electron chi connectivity index (χ2n) is 10.2. The van der Waals surface area contributed by atoms with Crippen LogP contribution in [0.15, 0.2) is 84.1 Å². The molecule has 0 atom stereocenters. The number of alkyl halides is 3. The molecule has 1 saturated heterocycles. The number of urea groups is 1. The Morgan fingerprint density at radius 1 is 1.02 bits per heavy atom. The number of aromatic nitrogens is 3. The van der Waals surface area contributed by atoms with E-state index in [-0.39, 0.29) is 17.4 Å². The lowest BCUT2D eigenvalue weighted by molar-refractivity contribution is -0.274. The molecule has 0 unspecified atom stereocenters. The molecule has 0 saturated carbocycles. The first-order valence-corrected chi connectivity index (χ1v) is 15.5. The molecule has 234 valence electrons. The summed E-state index contributed by atoms with van der Waals surface area (Å²) in [5, 5.41) is 7.66. The highest BCUT2D eigenvalue weighted by molar-refractivity contribution is 8.15. The van der Waals surface area contributed by atoms with Crippen molar-refractivity contribution in [1.29, 1.82) is 0 Å². The molecular formula is C32H31F3N6O3S. The number of halogens is 3. The summed E-state index contributed by atoms with van der Waals surface area (Å²) in [5.41, 5.74) is 4.30. The Balaban J connectivity index is 1.08. The number of hydrogen-bond acceptors (Lipinski definition) is 6. The first-order chi connectivity index (χ1) is 21.7. The van der Waals surface area contributed by atoms with E-state index in [0.29, 0.717) is 23.2 Å². The molecule has 9 nitrogen and oxygen atoms in total. The highest BCUT2D eigenvalue weighted by Crippen LogP contribution is 2.30. The van der Waals surface area contributed by atoms with Crippen LogP contribution in [0.5, 0.6) is 5.75 Å². The quantitative estimate of drug-likeness (QED) is 0.179. The van der Waals surface area contributed by atoms with Gasteiger partial charge in [-0.05, 0) is 67.1 Å². The third-order valence-electron chi connectivity index (χ3n) is 6.92. The fraction of sp³-hybridized carbons (Fsp3) is 0.281. The summed E-state index contributed by atoms with van der Waals surface area (Å²) in [7, 11) is 0. The van der Waals surface area contributed by atoms with E-state index in [0.717, 1.165) is 54.5 Å². The maximum Gasteiger partial charge on any atom is 0.573 e. The highest BCUT2D eigenvalue weighted by atomic mass is 32.2. The molecule has 3 amide bonds. The van der Waals surface area contributed by atoms with Crippen molar-refractivity contribution in [1.82, 2.24) is 20.1 Å². The Labute approximate surface area is 262 Å². The van der Waals surface area contributed by atoms with Gasteiger partial charge in [0.1, 0.15) is 12.1 Å². The van der Waals surface area contributed by atoms with Gasteiger partial charge in [0.05, 0.1) is 17.1 Å². The first kappa shape index (κ1) is 31.8. The SMILES string of the molecule is CCCc1ccccc1N1C(=O)CSC1=NC(=O)NCCCCc1ccc(-c2ncn(-c3ccc(OC(F)(F)F)cc3)n2)cc1. The van der Waals surface area contributed by atoms with Crippen molar-refractivity contribution >= 4 is 34.6 Å². The van der Waals surface area contributed by atoms with Crippen LogP contribution in [0.4, 0.5) is 23.7 Å². The molecule has 1 N–H and O–H groups in total. The number of para-hydroxylation sites is 1. The number of amidine groups is 1. The molecule has 2 heterocycles. The van der Waals surface area contributed by atoms with E-state index in [2.05, 4.69) is 32.1 Å². The molecule has 1 aliphatic heterocycles. The fourth-order valence-electron chi connectivity index (χ4n) is 4.81. The highest BCUT2D eigenvalue weighted by Gasteiger charge is 2.32. The molecule has 5 rings (SSSR count). The normalized spacial score (nSPS) is 14.3. The third kappa shape index (κ3) is 8.50.